The van der Waals surface area contributed by atoms with Gasteiger partial charge in [0.25, 0.3) is 5.91 Å². The van der Waals surface area contributed by atoms with E-state index in [9.17, 15) is 4.79 Å². The van der Waals surface area contributed by atoms with Crippen LogP contribution in [0.4, 0.5) is 0 Å². The molecule has 4 nitrogen and oxygen atoms in total. The Kier molecular flexibility index (Phi) is 7.21. The summed E-state index contributed by atoms with van der Waals surface area (Å²) in [5.41, 5.74) is 3.77. The first kappa shape index (κ1) is 19.6. The van der Waals surface area contributed by atoms with E-state index in [-0.39, 0.29) is 5.91 Å². The van der Waals surface area contributed by atoms with Gasteiger partial charge in [0, 0.05) is 18.7 Å². The molecule has 0 aromatic heterocycles. The van der Waals surface area contributed by atoms with Crippen molar-refractivity contribution in [3.63, 3.8) is 0 Å². The molecule has 0 aliphatic heterocycles. The average Bonchev–Trinajstić information content (AvgIpc) is 2.77. The van der Waals surface area contributed by atoms with Crippen molar-refractivity contribution < 1.29 is 14.3 Å². The third-order valence-electron chi connectivity index (χ3n) is 4.44. The Morgan fingerprint density at radius 3 is 2.36 bits per heavy atom. The zero-order valence-electron chi connectivity index (χ0n) is 16.1. The molecule has 0 saturated heterocycles. The Labute approximate surface area is 166 Å². The van der Waals surface area contributed by atoms with Crippen LogP contribution in [0.5, 0.6) is 5.75 Å². The highest BCUT2D eigenvalue weighted by Crippen LogP contribution is 2.23. The molecular weight excluding hydrogens is 350 g/mol. The van der Waals surface area contributed by atoms with Crippen molar-refractivity contribution in [3.05, 3.63) is 90.0 Å². The van der Waals surface area contributed by atoms with Gasteiger partial charge >= 0.3 is 0 Å². The molecule has 0 fully saturated rings. The maximum Gasteiger partial charge on any atom is 0.251 e. The second-order valence-corrected chi connectivity index (χ2v) is 6.42. The monoisotopic (exact) mass is 375 g/mol. The lowest BCUT2D eigenvalue weighted by atomic mass is 9.99. The lowest BCUT2D eigenvalue weighted by Crippen LogP contribution is -2.25. The molecule has 144 valence electrons. The molecule has 3 rings (SSSR count). The van der Waals surface area contributed by atoms with Crippen LogP contribution in [0.1, 0.15) is 22.3 Å². The Hall–Kier alpha value is -3.11. The number of hydrogen-bond donors (Lipinski definition) is 1. The maximum atomic E-state index is 12.6. The maximum absolute atomic E-state index is 12.6. The van der Waals surface area contributed by atoms with Crippen molar-refractivity contribution in [1.82, 2.24) is 5.32 Å². The lowest BCUT2D eigenvalue weighted by Gasteiger charge is -2.11. The Balaban J connectivity index is 1.44. The number of carbonyl (C=O) groups is 1. The van der Waals surface area contributed by atoms with Gasteiger partial charge in [-0.25, -0.2) is 0 Å². The fourth-order valence-corrected chi connectivity index (χ4v) is 2.93. The number of rotatable bonds is 9. The van der Waals surface area contributed by atoms with E-state index in [0.29, 0.717) is 25.3 Å². The number of ether oxygens (including phenoxy) is 2. The van der Waals surface area contributed by atoms with Crippen LogP contribution in [0.25, 0.3) is 11.1 Å². The van der Waals surface area contributed by atoms with Gasteiger partial charge in [0.2, 0.25) is 0 Å². The molecular formula is C24H25NO3. The quantitative estimate of drug-likeness (QED) is 0.552. The predicted octanol–water partition coefficient (Wildman–Crippen LogP) is 4.70. The first-order valence-electron chi connectivity index (χ1n) is 9.41. The van der Waals surface area contributed by atoms with Crippen LogP contribution in [-0.2, 0) is 11.3 Å². The SMILES string of the molecule is COc1ccc(COCCCNC(=O)c2ccccc2-c2ccccc2)cc1. The summed E-state index contributed by atoms with van der Waals surface area (Å²) in [6.07, 6.45) is 0.759. The zero-order chi connectivity index (χ0) is 19.6. The van der Waals surface area contributed by atoms with Crippen LogP contribution in [0.15, 0.2) is 78.9 Å². The van der Waals surface area contributed by atoms with E-state index in [0.717, 1.165) is 28.9 Å². The number of hydrogen-bond acceptors (Lipinski definition) is 3. The minimum absolute atomic E-state index is 0.0605. The van der Waals surface area contributed by atoms with Crippen LogP contribution in [0, 0.1) is 0 Å². The van der Waals surface area contributed by atoms with Gasteiger partial charge in [0.15, 0.2) is 0 Å². The van der Waals surface area contributed by atoms with Gasteiger partial charge in [-0.15, -0.1) is 0 Å². The van der Waals surface area contributed by atoms with Crippen molar-refractivity contribution in [3.8, 4) is 16.9 Å². The molecule has 0 atom stereocenters. The summed E-state index contributed by atoms with van der Waals surface area (Å²) in [5.74, 6) is 0.775. The average molecular weight is 375 g/mol. The molecule has 0 saturated carbocycles. The second-order valence-electron chi connectivity index (χ2n) is 6.42. The highest BCUT2D eigenvalue weighted by molar-refractivity contribution is 6.00. The Morgan fingerprint density at radius 1 is 0.893 bits per heavy atom. The van der Waals surface area contributed by atoms with Crippen LogP contribution >= 0.6 is 0 Å². The smallest absolute Gasteiger partial charge is 0.251 e. The van der Waals surface area contributed by atoms with Gasteiger partial charge in [0.1, 0.15) is 5.75 Å². The first-order chi connectivity index (χ1) is 13.8. The predicted molar refractivity (Wildman–Crippen MR) is 111 cm³/mol. The van der Waals surface area contributed by atoms with Crippen LogP contribution in [0.3, 0.4) is 0 Å². The molecule has 0 bridgehead atoms. The summed E-state index contributed by atoms with van der Waals surface area (Å²) in [6, 6.07) is 25.4. The minimum atomic E-state index is -0.0605. The number of methoxy groups -OCH3 is 1. The highest BCUT2D eigenvalue weighted by atomic mass is 16.5. The third kappa shape index (κ3) is 5.44. The Morgan fingerprint density at radius 2 is 1.61 bits per heavy atom. The molecule has 1 amide bonds. The normalized spacial score (nSPS) is 10.5. The molecule has 3 aromatic rings. The van der Waals surface area contributed by atoms with E-state index >= 15 is 0 Å². The molecule has 0 spiro atoms. The number of benzene rings is 3. The molecule has 3 aromatic carbocycles. The second kappa shape index (κ2) is 10.3. The van der Waals surface area contributed by atoms with E-state index in [4.69, 9.17) is 9.47 Å². The molecule has 0 aliphatic carbocycles. The molecule has 0 heterocycles. The van der Waals surface area contributed by atoms with Crippen LogP contribution in [0.2, 0.25) is 0 Å². The van der Waals surface area contributed by atoms with Crippen molar-refractivity contribution in [2.45, 2.75) is 13.0 Å². The van der Waals surface area contributed by atoms with E-state index in [2.05, 4.69) is 5.32 Å². The number of amides is 1. The van der Waals surface area contributed by atoms with Crippen LogP contribution < -0.4 is 10.1 Å². The van der Waals surface area contributed by atoms with Crippen LogP contribution in [-0.4, -0.2) is 26.2 Å². The van der Waals surface area contributed by atoms with Gasteiger partial charge in [0.05, 0.1) is 13.7 Å². The minimum Gasteiger partial charge on any atom is -0.497 e. The van der Waals surface area contributed by atoms with Crippen molar-refractivity contribution in [2.24, 2.45) is 0 Å². The topological polar surface area (TPSA) is 47.6 Å². The van der Waals surface area contributed by atoms with Gasteiger partial charge in [-0.05, 0) is 41.3 Å². The number of carbonyl (C=O) groups excluding carboxylic acids is 1. The fraction of sp³-hybridized carbons (Fsp3) is 0.208. The lowest BCUT2D eigenvalue weighted by molar-refractivity contribution is 0.0935. The summed E-state index contributed by atoms with van der Waals surface area (Å²) < 4.78 is 10.8. The fourth-order valence-electron chi connectivity index (χ4n) is 2.93. The number of nitrogens with one attached hydrogen (secondary N) is 1. The summed E-state index contributed by atoms with van der Waals surface area (Å²) in [7, 11) is 1.65. The van der Waals surface area contributed by atoms with Crippen molar-refractivity contribution in [1.29, 1.82) is 0 Å². The van der Waals surface area contributed by atoms with E-state index in [1.165, 1.54) is 0 Å². The molecule has 0 aliphatic rings. The molecule has 0 radical (unpaired) electrons. The van der Waals surface area contributed by atoms with Gasteiger partial charge < -0.3 is 14.8 Å². The standard InChI is InChI=1S/C24H25NO3/c1-27-21-14-12-19(13-15-21)18-28-17-7-16-25-24(26)23-11-6-5-10-22(23)20-8-3-2-4-9-20/h2-6,8-15H,7,16-18H2,1H3,(H,25,26). The third-order valence-corrected chi connectivity index (χ3v) is 4.44. The molecule has 28 heavy (non-hydrogen) atoms. The summed E-state index contributed by atoms with van der Waals surface area (Å²) in [5, 5.41) is 2.99. The van der Waals surface area contributed by atoms with Gasteiger partial charge in [-0.2, -0.15) is 0 Å². The molecule has 0 unspecified atom stereocenters. The first-order valence-corrected chi connectivity index (χ1v) is 9.41. The highest BCUT2D eigenvalue weighted by Gasteiger charge is 2.11. The van der Waals surface area contributed by atoms with E-state index < -0.39 is 0 Å². The zero-order valence-corrected chi connectivity index (χ0v) is 16.1. The van der Waals surface area contributed by atoms with Crippen molar-refractivity contribution >= 4 is 5.91 Å². The molecule has 1 N–H and O–H groups in total. The Bertz CT molecular complexity index is 876. The van der Waals surface area contributed by atoms with E-state index in [1.54, 1.807) is 7.11 Å². The summed E-state index contributed by atoms with van der Waals surface area (Å²) >= 11 is 0. The van der Waals surface area contributed by atoms with Crippen molar-refractivity contribution in [2.75, 3.05) is 20.3 Å². The molecule has 4 heteroatoms. The van der Waals surface area contributed by atoms with Gasteiger partial charge in [-0.3, -0.25) is 4.79 Å². The van der Waals surface area contributed by atoms with E-state index in [1.807, 2.05) is 78.9 Å². The summed E-state index contributed by atoms with van der Waals surface area (Å²) in [4.78, 5) is 12.6. The van der Waals surface area contributed by atoms with Gasteiger partial charge in [-0.1, -0.05) is 60.7 Å². The largest absolute Gasteiger partial charge is 0.497 e. The summed E-state index contributed by atoms with van der Waals surface area (Å²) in [6.45, 7) is 1.71.